The lowest BCUT2D eigenvalue weighted by atomic mass is 9.75. The third kappa shape index (κ3) is 4.55. The van der Waals surface area contributed by atoms with Gasteiger partial charge in [0.05, 0.1) is 24.3 Å². The van der Waals surface area contributed by atoms with Crippen LogP contribution in [0.5, 0.6) is 11.5 Å². The van der Waals surface area contributed by atoms with Gasteiger partial charge in [0.25, 0.3) is 0 Å². The Balaban J connectivity index is 1.77. The largest absolute Gasteiger partial charge is 0.496 e. The van der Waals surface area contributed by atoms with E-state index in [4.69, 9.17) is 14.2 Å². The fourth-order valence-electron chi connectivity index (χ4n) is 4.51. The third-order valence-electron chi connectivity index (χ3n) is 6.04. The van der Waals surface area contributed by atoms with E-state index in [-0.39, 0.29) is 12.4 Å². The molecule has 4 rings (SSSR count). The van der Waals surface area contributed by atoms with Crippen LogP contribution in [0.1, 0.15) is 43.2 Å². The van der Waals surface area contributed by atoms with Crippen LogP contribution in [0.2, 0.25) is 0 Å². The Morgan fingerprint density at radius 2 is 1.91 bits per heavy atom. The highest BCUT2D eigenvalue weighted by atomic mass is 79.9. The van der Waals surface area contributed by atoms with Crippen LogP contribution in [0.15, 0.2) is 69.5 Å². The molecule has 1 aliphatic carbocycles. The fraction of sp³-hybridized carbons (Fsp3) is 0.308. The Morgan fingerprint density at radius 1 is 1.12 bits per heavy atom. The molecule has 172 valence electrons. The minimum Gasteiger partial charge on any atom is -0.496 e. The Morgan fingerprint density at radius 3 is 2.64 bits per heavy atom. The van der Waals surface area contributed by atoms with Gasteiger partial charge in [-0.1, -0.05) is 18.2 Å². The van der Waals surface area contributed by atoms with E-state index in [9.17, 15) is 9.59 Å². The number of halogens is 1. The summed E-state index contributed by atoms with van der Waals surface area (Å²) in [5.41, 5.74) is 4.34. The summed E-state index contributed by atoms with van der Waals surface area (Å²) < 4.78 is 17.5. The van der Waals surface area contributed by atoms with Crippen molar-refractivity contribution in [2.24, 2.45) is 0 Å². The molecule has 1 heterocycles. The van der Waals surface area contributed by atoms with E-state index in [1.807, 2.05) is 49.4 Å². The van der Waals surface area contributed by atoms with Crippen molar-refractivity contribution in [3.63, 3.8) is 0 Å². The van der Waals surface area contributed by atoms with Crippen molar-refractivity contribution in [1.29, 1.82) is 0 Å². The highest BCUT2D eigenvalue weighted by molar-refractivity contribution is 9.10. The minimum atomic E-state index is -0.505. The van der Waals surface area contributed by atoms with Crippen LogP contribution in [0.25, 0.3) is 0 Å². The third-order valence-corrected chi connectivity index (χ3v) is 6.69. The monoisotopic (exact) mass is 511 g/mol. The van der Waals surface area contributed by atoms with E-state index < -0.39 is 11.9 Å². The highest BCUT2D eigenvalue weighted by Crippen LogP contribution is 2.43. The molecule has 2 aliphatic rings. The number of hydrogen-bond donors (Lipinski definition) is 1. The van der Waals surface area contributed by atoms with Gasteiger partial charge in [-0.3, -0.25) is 4.79 Å². The summed E-state index contributed by atoms with van der Waals surface area (Å²) in [7, 11) is 2.97. The molecule has 7 heteroatoms. The molecule has 1 aliphatic heterocycles. The molecular weight excluding hydrogens is 486 g/mol. The molecule has 0 bridgehead atoms. The lowest BCUT2D eigenvalue weighted by Crippen LogP contribution is -2.34. The second kappa shape index (κ2) is 9.83. The number of Topliss-reactive ketones (excluding diaryl/α,β-unsaturated/α-hetero) is 1. The number of nitrogens with one attached hydrogen (secondary N) is 1. The maximum atomic E-state index is 13.0. The molecule has 1 unspecified atom stereocenters. The first-order valence-corrected chi connectivity index (χ1v) is 11.6. The van der Waals surface area contributed by atoms with Crippen molar-refractivity contribution in [1.82, 2.24) is 5.32 Å². The van der Waals surface area contributed by atoms with Crippen LogP contribution >= 0.6 is 15.9 Å². The van der Waals surface area contributed by atoms with Gasteiger partial charge in [-0.25, -0.2) is 4.79 Å². The maximum absolute atomic E-state index is 13.0. The summed E-state index contributed by atoms with van der Waals surface area (Å²) in [5.74, 6) is 0.491. The summed E-state index contributed by atoms with van der Waals surface area (Å²) in [6.45, 7) is 2.11. The second-order valence-corrected chi connectivity index (χ2v) is 8.90. The van der Waals surface area contributed by atoms with Gasteiger partial charge in [0.15, 0.2) is 5.78 Å². The molecule has 0 aromatic heterocycles. The number of allylic oxidation sites excluding steroid dienone is 3. The van der Waals surface area contributed by atoms with E-state index in [2.05, 4.69) is 21.2 Å². The average Bonchev–Trinajstić information content (AvgIpc) is 2.82. The topological polar surface area (TPSA) is 73.9 Å². The smallest absolute Gasteiger partial charge is 0.336 e. The molecule has 0 amide bonds. The lowest BCUT2D eigenvalue weighted by Gasteiger charge is -2.34. The van der Waals surface area contributed by atoms with Crippen molar-refractivity contribution in [3.05, 3.63) is 80.6 Å². The van der Waals surface area contributed by atoms with Crippen LogP contribution in [-0.2, 0) is 20.9 Å². The van der Waals surface area contributed by atoms with Crippen molar-refractivity contribution >= 4 is 27.7 Å². The fourth-order valence-corrected chi connectivity index (χ4v) is 4.90. The summed E-state index contributed by atoms with van der Waals surface area (Å²) in [5, 5.41) is 3.29. The predicted molar refractivity (Wildman–Crippen MR) is 128 cm³/mol. The quantitative estimate of drug-likeness (QED) is 0.538. The van der Waals surface area contributed by atoms with E-state index in [1.165, 1.54) is 7.11 Å². The number of benzene rings is 2. The highest BCUT2D eigenvalue weighted by Gasteiger charge is 2.39. The predicted octanol–water partition coefficient (Wildman–Crippen LogP) is 5.18. The number of ketones is 1. The van der Waals surface area contributed by atoms with E-state index in [0.717, 1.165) is 34.1 Å². The number of hydrogen-bond acceptors (Lipinski definition) is 6. The molecule has 1 N–H and O–H groups in total. The van der Waals surface area contributed by atoms with Gasteiger partial charge in [-0.15, -0.1) is 0 Å². The summed E-state index contributed by atoms with van der Waals surface area (Å²) in [6.07, 6.45) is 2.04. The van der Waals surface area contributed by atoms with Gasteiger partial charge in [0.2, 0.25) is 0 Å². The Hall–Kier alpha value is -3.06. The second-order valence-electron chi connectivity index (χ2n) is 8.05. The van der Waals surface area contributed by atoms with Gasteiger partial charge < -0.3 is 19.5 Å². The normalized spacial score (nSPS) is 17.9. The van der Waals surface area contributed by atoms with Crippen molar-refractivity contribution in [2.75, 3.05) is 14.2 Å². The molecule has 0 saturated carbocycles. The Kier molecular flexibility index (Phi) is 6.88. The summed E-state index contributed by atoms with van der Waals surface area (Å²) in [6, 6.07) is 13.3. The van der Waals surface area contributed by atoms with Crippen molar-refractivity contribution in [2.45, 2.75) is 38.7 Å². The Bertz CT molecular complexity index is 1170. The number of para-hydroxylation sites is 1. The molecule has 0 saturated heterocycles. The van der Waals surface area contributed by atoms with Gasteiger partial charge in [0.1, 0.15) is 18.1 Å². The number of rotatable bonds is 6. The standard InChI is InChI=1S/C26H26BrNO5/c1-15-23(26(30)32-3)24(25-19(28-15)8-6-9-20(25)29)16-11-12-21(31-2)17(13-16)14-33-22-10-5-4-7-18(22)27/h4-5,7,10-13,24,28H,6,8-9,14H2,1-3H3. The maximum Gasteiger partial charge on any atom is 0.336 e. The van der Waals surface area contributed by atoms with E-state index in [1.54, 1.807) is 7.11 Å². The van der Waals surface area contributed by atoms with Crippen LogP contribution in [0.4, 0.5) is 0 Å². The number of esters is 1. The van der Waals surface area contributed by atoms with Crippen LogP contribution in [-0.4, -0.2) is 26.0 Å². The van der Waals surface area contributed by atoms with Crippen molar-refractivity contribution in [3.8, 4) is 11.5 Å². The molecule has 2 aromatic carbocycles. The van der Waals surface area contributed by atoms with E-state index >= 15 is 0 Å². The van der Waals surface area contributed by atoms with Crippen LogP contribution < -0.4 is 14.8 Å². The number of carbonyl (C=O) groups is 2. The zero-order chi connectivity index (χ0) is 23.5. The first kappa shape index (κ1) is 23.1. The van der Waals surface area contributed by atoms with E-state index in [0.29, 0.717) is 34.8 Å². The summed E-state index contributed by atoms with van der Waals surface area (Å²) >= 11 is 3.50. The first-order chi connectivity index (χ1) is 15.9. The molecule has 0 spiro atoms. The molecule has 0 radical (unpaired) electrons. The van der Waals surface area contributed by atoms with Gasteiger partial charge in [0, 0.05) is 34.9 Å². The number of ether oxygens (including phenoxy) is 3. The molecule has 6 nitrogen and oxygen atoms in total. The van der Waals surface area contributed by atoms with Gasteiger partial charge in [-0.2, -0.15) is 0 Å². The number of dihydropyridines is 1. The molecule has 1 atom stereocenters. The summed E-state index contributed by atoms with van der Waals surface area (Å²) in [4.78, 5) is 25.8. The minimum absolute atomic E-state index is 0.0597. The SMILES string of the molecule is COC(=O)C1=C(C)NC2=C(C(=O)CCC2)C1c1ccc(OC)c(COc2ccccc2Br)c1. The molecule has 33 heavy (non-hydrogen) atoms. The molecular formula is C26H26BrNO5. The molecule has 0 fully saturated rings. The lowest BCUT2D eigenvalue weighted by molar-refractivity contribution is -0.136. The van der Waals surface area contributed by atoms with Gasteiger partial charge >= 0.3 is 5.97 Å². The molecule has 2 aromatic rings. The Labute approximate surface area is 201 Å². The zero-order valence-corrected chi connectivity index (χ0v) is 20.5. The number of carbonyl (C=O) groups excluding carboxylic acids is 2. The van der Waals surface area contributed by atoms with Crippen LogP contribution in [0.3, 0.4) is 0 Å². The average molecular weight is 512 g/mol. The first-order valence-electron chi connectivity index (χ1n) is 10.8. The van der Waals surface area contributed by atoms with Gasteiger partial charge in [-0.05, 0) is 65.5 Å². The van der Waals surface area contributed by atoms with Crippen molar-refractivity contribution < 1.29 is 23.8 Å². The van der Waals surface area contributed by atoms with Crippen LogP contribution in [0, 0.1) is 0 Å². The number of methoxy groups -OCH3 is 2. The zero-order valence-electron chi connectivity index (χ0n) is 18.9.